The van der Waals surface area contributed by atoms with Gasteiger partial charge in [-0.3, -0.25) is 8.37 Å². The molecule has 4 atom stereocenters. The van der Waals surface area contributed by atoms with Gasteiger partial charge in [0.05, 0.1) is 106 Å². The van der Waals surface area contributed by atoms with E-state index in [1.807, 2.05) is 0 Å². The molecule has 88 heavy (non-hydrogen) atoms. The highest BCUT2D eigenvalue weighted by atomic mass is 32.3. The quantitative estimate of drug-likeness (QED) is 0.0218. The van der Waals surface area contributed by atoms with Gasteiger partial charge in [-0.2, -0.15) is 70.2 Å². The summed E-state index contributed by atoms with van der Waals surface area (Å²) in [5, 5.41) is 17.4. The van der Waals surface area contributed by atoms with Crippen molar-refractivity contribution in [2.24, 2.45) is 32.5 Å². The van der Waals surface area contributed by atoms with E-state index in [2.05, 4.69) is 35.7 Å². The maximum atomic E-state index is 13.2. The summed E-state index contributed by atoms with van der Waals surface area (Å²) in [5.41, 5.74) is -8.28. The van der Waals surface area contributed by atoms with Gasteiger partial charge < -0.3 is 59.3 Å². The third kappa shape index (κ3) is 44.4. The van der Waals surface area contributed by atoms with E-state index in [0.29, 0.717) is 0 Å². The SMILES string of the molecule is CC(C)(COCC(C)(COCC(F)(F)C(F)(F)F)COS(=O)(=O)[O-])COCC(C)(COCC(F)(F)C(F)(F)F)COS(=O)(=O)[NH2+]O.CC(C)(COCC(C)(COCC(F)(F)F)COS(=O)(=O)[O-])COCC(C)(COCC(F)(F)F)COS(=O)(=O)[NH2+]O.[NH4+].[NH4+]. The van der Waals surface area contributed by atoms with E-state index in [0.717, 1.165) is 13.8 Å². The molecular formula is C40H78F16N4O24S4+2. The third-order valence-electron chi connectivity index (χ3n) is 10.0. The first-order valence-electron chi connectivity index (χ1n) is 23.7. The summed E-state index contributed by atoms with van der Waals surface area (Å²) in [7, 11) is -19.6. The van der Waals surface area contributed by atoms with Crippen LogP contribution in [0.3, 0.4) is 0 Å². The van der Waals surface area contributed by atoms with Gasteiger partial charge in [0.15, 0.2) is 0 Å². The summed E-state index contributed by atoms with van der Waals surface area (Å²) in [6.07, 6.45) is -21.2. The molecule has 0 saturated heterocycles. The number of halogens is 16. The highest BCUT2D eigenvalue weighted by molar-refractivity contribution is 7.81. The second-order valence-electron chi connectivity index (χ2n) is 22.2. The molecule has 0 heterocycles. The number of nitrogens with two attached hydrogens (primary N) is 2. The molecule has 4 unspecified atom stereocenters. The highest BCUT2D eigenvalue weighted by Crippen LogP contribution is 2.38. The highest BCUT2D eigenvalue weighted by Gasteiger charge is 2.59. The average molecular weight is 1430 g/mol. The number of rotatable bonds is 44. The van der Waals surface area contributed by atoms with E-state index in [1.165, 1.54) is 27.7 Å². The maximum absolute atomic E-state index is 13.2. The largest absolute Gasteiger partial charge is 0.726 e. The molecule has 536 valence electrons. The van der Waals surface area contributed by atoms with Crippen LogP contribution in [0.2, 0.25) is 0 Å². The summed E-state index contributed by atoms with van der Waals surface area (Å²) in [6, 6.07) is 0. The molecule has 0 spiro atoms. The first-order valence-corrected chi connectivity index (χ1v) is 29.3. The van der Waals surface area contributed by atoms with Crippen LogP contribution in [0.25, 0.3) is 0 Å². The first-order chi connectivity index (χ1) is 38.1. The summed E-state index contributed by atoms with van der Waals surface area (Å²) in [4.78, 5) is -0.573. The lowest BCUT2D eigenvalue weighted by Crippen LogP contribution is -2.84. The zero-order chi connectivity index (χ0) is 68.0. The standard InChI is InChI=1S/C21H35F10NO12S2.C19H35F6NO12S2.2H3N/c1-15(2,6-40-8-17(4,12-44-46(36,37)38)10-42-14-19(24,25)21(29,30)31)5-39-7-16(3,11-43-45(34,35)32-33)9-41-13-18(22,23)20(26,27)28;1-15(2,6-34-8-17(4,12-38-40(30,31)32)10-36-14-19(23,24)25)5-33-7-16(3,9-35-13-18(20,21)22)11-37-39(28,29)26-27;;/h32-33H,5-14H2,1-4H3,(H,36,37,38);26-27H,5-14H2,1-4H3,(H,30,31,32);2*1H3/p+2. The fourth-order valence-corrected chi connectivity index (χ4v) is 7.53. The molecule has 0 rings (SSSR count). The van der Waals surface area contributed by atoms with Crippen molar-refractivity contribution in [3.05, 3.63) is 0 Å². The summed E-state index contributed by atoms with van der Waals surface area (Å²) in [6.45, 7) is -6.27. The molecule has 0 aromatic rings. The van der Waals surface area contributed by atoms with Crippen molar-refractivity contribution in [3.8, 4) is 0 Å². The Morgan fingerprint density at radius 1 is 0.307 bits per heavy atom. The molecule has 0 aliphatic rings. The minimum absolute atomic E-state index is 0. The second kappa shape index (κ2) is 36.5. The van der Waals surface area contributed by atoms with E-state index in [-0.39, 0.29) is 55.1 Å². The summed E-state index contributed by atoms with van der Waals surface area (Å²) < 4.78 is 370. The van der Waals surface area contributed by atoms with Gasteiger partial charge >= 0.3 is 57.2 Å². The molecule has 48 heteroatoms. The fraction of sp³-hybridized carbons (Fsp3) is 1.00. The van der Waals surface area contributed by atoms with E-state index >= 15 is 0 Å². The van der Waals surface area contributed by atoms with Crippen LogP contribution in [-0.2, 0) is 96.0 Å². The van der Waals surface area contributed by atoms with Crippen LogP contribution in [0.15, 0.2) is 0 Å². The second-order valence-corrected chi connectivity index (χ2v) is 27.2. The molecule has 14 N–H and O–H groups in total. The lowest BCUT2D eigenvalue weighted by Gasteiger charge is -2.33. The minimum atomic E-state index is -5.95. The van der Waals surface area contributed by atoms with Gasteiger partial charge in [-0.25, -0.2) is 35.6 Å². The van der Waals surface area contributed by atoms with Crippen LogP contribution in [0.4, 0.5) is 70.2 Å². The molecule has 0 saturated carbocycles. The van der Waals surface area contributed by atoms with Gasteiger partial charge in [0.2, 0.25) is 20.8 Å². The third-order valence-corrected chi connectivity index (χ3v) is 12.2. The molecule has 0 radical (unpaired) electrons. The van der Waals surface area contributed by atoms with Gasteiger partial charge in [0.25, 0.3) is 0 Å². The van der Waals surface area contributed by atoms with Crippen molar-refractivity contribution in [2.75, 3.05) is 132 Å². The average Bonchev–Trinajstić information content (AvgIpc) is 3.29. The Balaban J connectivity index is -0.000000791. The Hall–Kier alpha value is -2.12. The van der Waals surface area contributed by atoms with Gasteiger partial charge in [0.1, 0.15) is 26.4 Å². The zero-order valence-corrected chi connectivity index (χ0v) is 52.1. The van der Waals surface area contributed by atoms with Crippen LogP contribution in [0.1, 0.15) is 55.4 Å². The fourth-order valence-electron chi connectivity index (χ4n) is 5.66. The molecule has 0 bridgehead atoms. The van der Waals surface area contributed by atoms with Crippen molar-refractivity contribution >= 4 is 41.4 Å². The lowest BCUT2D eigenvalue weighted by molar-refractivity contribution is -0.772. The van der Waals surface area contributed by atoms with Crippen LogP contribution < -0.4 is 22.1 Å². The minimum Gasteiger partial charge on any atom is -0.726 e. The van der Waals surface area contributed by atoms with Crippen LogP contribution >= 0.6 is 0 Å². The number of quaternary nitrogens is 4. The maximum Gasteiger partial charge on any atom is 0.463 e. The Kier molecular flexibility index (Phi) is 38.3. The first kappa shape index (κ1) is 92.3. The van der Waals surface area contributed by atoms with Gasteiger partial charge in [-0.05, 0) is 0 Å². The monoisotopic (exact) mass is 1430 g/mol. The Morgan fingerprint density at radius 3 is 0.659 bits per heavy atom. The molecule has 0 amide bonds. The van der Waals surface area contributed by atoms with Crippen molar-refractivity contribution in [1.82, 2.24) is 12.3 Å². The molecule has 0 aliphatic carbocycles. The molecule has 0 aromatic heterocycles. The molecular weight excluding hydrogens is 1350 g/mol. The van der Waals surface area contributed by atoms with Crippen LogP contribution in [-0.4, -0.2) is 222 Å². The predicted molar refractivity (Wildman–Crippen MR) is 261 cm³/mol. The predicted octanol–water partition coefficient (Wildman–Crippen LogP) is 3.84. The Labute approximate surface area is 496 Å². The molecule has 0 fully saturated rings. The molecule has 0 aromatic carbocycles. The van der Waals surface area contributed by atoms with Crippen molar-refractivity contribution in [3.63, 3.8) is 0 Å². The number of hydrogen-bond donors (Lipinski definition) is 6. The van der Waals surface area contributed by atoms with Crippen molar-refractivity contribution in [2.45, 2.75) is 91.9 Å². The van der Waals surface area contributed by atoms with E-state index in [4.69, 9.17) is 29.4 Å². The smallest absolute Gasteiger partial charge is 0.463 e. The Morgan fingerprint density at radius 2 is 0.489 bits per heavy atom. The number of alkyl halides is 16. The van der Waals surface area contributed by atoms with E-state index < -0.39 is 210 Å². The molecule has 0 aliphatic heterocycles. The van der Waals surface area contributed by atoms with E-state index in [9.17, 15) is 113 Å². The zero-order valence-electron chi connectivity index (χ0n) is 48.9. The van der Waals surface area contributed by atoms with Crippen molar-refractivity contribution in [1.29, 1.82) is 0 Å². The van der Waals surface area contributed by atoms with E-state index in [1.54, 1.807) is 13.8 Å². The van der Waals surface area contributed by atoms with Gasteiger partial charge in [-0.15, -0.1) is 16.8 Å². The number of ether oxygens (including phenoxy) is 8. The van der Waals surface area contributed by atoms with Gasteiger partial charge in [-0.1, -0.05) is 65.2 Å². The van der Waals surface area contributed by atoms with Gasteiger partial charge in [0, 0.05) is 32.5 Å². The topological polar surface area (TPSA) is 440 Å². The summed E-state index contributed by atoms with van der Waals surface area (Å²) in [5.74, 6) is -10.5. The Bertz CT molecular complexity index is 2460. The molecule has 28 nitrogen and oxygen atoms in total. The normalized spacial score (nSPS) is 16.7. The number of hydrogen-bond acceptors (Lipinski definition) is 24. The van der Waals surface area contributed by atoms with Crippen LogP contribution in [0, 0.1) is 32.5 Å². The lowest BCUT2D eigenvalue weighted by atomic mass is 9.92. The van der Waals surface area contributed by atoms with Crippen molar-refractivity contribution < 1.29 is 188 Å². The van der Waals surface area contributed by atoms with Crippen LogP contribution in [0.5, 0.6) is 0 Å². The summed E-state index contributed by atoms with van der Waals surface area (Å²) >= 11 is 0.